The highest BCUT2D eigenvalue weighted by Crippen LogP contribution is 2.23. The van der Waals surface area contributed by atoms with Crippen molar-refractivity contribution in [3.63, 3.8) is 0 Å². The van der Waals surface area contributed by atoms with Crippen LogP contribution in [0.2, 0.25) is 0 Å². The molecule has 27 heavy (non-hydrogen) atoms. The number of fused-ring (bicyclic) bond motifs is 1. The Balaban J connectivity index is 1.56. The van der Waals surface area contributed by atoms with Gasteiger partial charge in [0.05, 0.1) is 0 Å². The van der Waals surface area contributed by atoms with Crippen LogP contribution in [-0.2, 0) is 6.42 Å². The van der Waals surface area contributed by atoms with Crippen LogP contribution in [0.5, 0.6) is 0 Å². The molecule has 0 fully saturated rings. The van der Waals surface area contributed by atoms with Gasteiger partial charge in [-0.1, -0.05) is 46.3 Å². The van der Waals surface area contributed by atoms with Crippen LogP contribution in [0.15, 0.2) is 75.6 Å². The number of benzene rings is 3. The molecule has 0 saturated heterocycles. The van der Waals surface area contributed by atoms with E-state index in [2.05, 4.69) is 26.2 Å². The van der Waals surface area contributed by atoms with E-state index < -0.39 is 0 Å². The number of hydrogen-bond donors (Lipinski definition) is 1. The van der Waals surface area contributed by atoms with E-state index in [1.165, 1.54) is 0 Å². The first-order valence-corrected chi connectivity index (χ1v) is 9.39. The zero-order valence-electron chi connectivity index (χ0n) is 14.7. The lowest BCUT2D eigenvalue weighted by atomic mass is 10.1. The van der Waals surface area contributed by atoms with Crippen molar-refractivity contribution in [3.8, 4) is 0 Å². The summed E-state index contributed by atoms with van der Waals surface area (Å²) in [5.41, 5.74) is 4.80. The minimum Gasteiger partial charge on any atom is -0.440 e. The Hall–Kier alpha value is -2.92. The average molecular weight is 421 g/mol. The standard InChI is InChI=1S/C22H17BrN2O2/c1-14-11-17(23)8-10-18(14)25-22(26)16-7-9-19-20(13-16)27-21(24-19)12-15-5-3-2-4-6-15/h2-11,13H,12H2,1H3,(H,25,26). The van der Waals surface area contributed by atoms with E-state index >= 15 is 0 Å². The third kappa shape index (κ3) is 3.93. The zero-order valence-corrected chi connectivity index (χ0v) is 16.3. The number of anilines is 1. The quantitative estimate of drug-likeness (QED) is 0.457. The molecule has 1 heterocycles. The summed E-state index contributed by atoms with van der Waals surface area (Å²) in [6.45, 7) is 1.95. The van der Waals surface area contributed by atoms with Crippen LogP contribution in [0.4, 0.5) is 5.69 Å². The van der Waals surface area contributed by atoms with E-state index in [0.717, 1.165) is 26.8 Å². The summed E-state index contributed by atoms with van der Waals surface area (Å²) in [5.74, 6) is 0.459. The third-order valence-electron chi connectivity index (χ3n) is 4.33. The fourth-order valence-corrected chi connectivity index (χ4v) is 3.40. The number of aryl methyl sites for hydroxylation is 1. The minimum absolute atomic E-state index is 0.177. The van der Waals surface area contributed by atoms with E-state index in [4.69, 9.17) is 4.42 Å². The minimum atomic E-state index is -0.177. The summed E-state index contributed by atoms with van der Waals surface area (Å²) in [4.78, 5) is 17.1. The number of nitrogens with one attached hydrogen (secondary N) is 1. The predicted octanol–water partition coefficient (Wildman–Crippen LogP) is 5.74. The monoisotopic (exact) mass is 420 g/mol. The van der Waals surface area contributed by atoms with E-state index in [1.807, 2.05) is 61.5 Å². The summed E-state index contributed by atoms with van der Waals surface area (Å²) >= 11 is 3.43. The second kappa shape index (κ2) is 7.37. The highest BCUT2D eigenvalue weighted by molar-refractivity contribution is 9.10. The number of carbonyl (C=O) groups excluding carboxylic acids is 1. The molecule has 0 radical (unpaired) electrons. The van der Waals surface area contributed by atoms with Gasteiger partial charge in [-0.25, -0.2) is 4.98 Å². The van der Waals surface area contributed by atoms with Gasteiger partial charge in [0.2, 0.25) is 0 Å². The normalized spacial score (nSPS) is 10.9. The predicted molar refractivity (Wildman–Crippen MR) is 110 cm³/mol. The first kappa shape index (κ1) is 17.5. The molecule has 0 unspecified atom stereocenters. The van der Waals surface area contributed by atoms with Crippen LogP contribution >= 0.6 is 15.9 Å². The second-order valence-corrected chi connectivity index (χ2v) is 7.28. The van der Waals surface area contributed by atoms with Gasteiger partial charge in [0.1, 0.15) is 5.52 Å². The number of carbonyl (C=O) groups is 1. The van der Waals surface area contributed by atoms with Crippen LogP contribution in [0.25, 0.3) is 11.1 Å². The molecule has 4 rings (SSSR count). The molecule has 1 amide bonds. The summed E-state index contributed by atoms with van der Waals surface area (Å²) in [6.07, 6.45) is 0.620. The third-order valence-corrected chi connectivity index (χ3v) is 4.82. The Labute approximate surface area is 165 Å². The molecule has 0 spiro atoms. The van der Waals surface area contributed by atoms with Crippen molar-refractivity contribution in [1.82, 2.24) is 4.98 Å². The maximum atomic E-state index is 12.6. The van der Waals surface area contributed by atoms with Gasteiger partial charge in [-0.15, -0.1) is 0 Å². The van der Waals surface area contributed by atoms with Gasteiger partial charge in [0, 0.05) is 22.1 Å². The maximum absolute atomic E-state index is 12.6. The fraction of sp³-hybridized carbons (Fsp3) is 0.0909. The number of oxazole rings is 1. The first-order chi connectivity index (χ1) is 13.1. The number of nitrogens with zero attached hydrogens (tertiary/aromatic N) is 1. The second-order valence-electron chi connectivity index (χ2n) is 6.37. The van der Waals surface area contributed by atoms with E-state index in [1.54, 1.807) is 12.1 Å². The largest absolute Gasteiger partial charge is 0.440 e. The summed E-state index contributed by atoms with van der Waals surface area (Å²) < 4.78 is 6.83. The molecule has 1 aromatic heterocycles. The molecule has 0 atom stereocenters. The van der Waals surface area contributed by atoms with Crippen LogP contribution in [0.1, 0.15) is 27.4 Å². The Morgan fingerprint density at radius 2 is 1.89 bits per heavy atom. The van der Waals surface area contributed by atoms with Crippen LogP contribution in [-0.4, -0.2) is 10.9 Å². The van der Waals surface area contributed by atoms with Gasteiger partial charge < -0.3 is 9.73 Å². The molecule has 3 aromatic carbocycles. The van der Waals surface area contributed by atoms with Gasteiger partial charge in [-0.2, -0.15) is 0 Å². The lowest BCUT2D eigenvalue weighted by Crippen LogP contribution is -2.12. The highest BCUT2D eigenvalue weighted by Gasteiger charge is 2.12. The topological polar surface area (TPSA) is 55.1 Å². The number of halogens is 1. The van der Waals surface area contributed by atoms with Crippen molar-refractivity contribution in [1.29, 1.82) is 0 Å². The molecule has 0 aliphatic heterocycles. The Morgan fingerprint density at radius 1 is 1.07 bits per heavy atom. The van der Waals surface area contributed by atoms with Gasteiger partial charge in [-0.3, -0.25) is 4.79 Å². The molecule has 0 aliphatic carbocycles. The molecule has 0 bridgehead atoms. The van der Waals surface area contributed by atoms with Crippen molar-refractivity contribution in [3.05, 3.63) is 93.8 Å². The Bertz CT molecular complexity index is 1120. The molecular formula is C22H17BrN2O2. The molecule has 0 aliphatic rings. The number of amides is 1. The lowest BCUT2D eigenvalue weighted by molar-refractivity contribution is 0.102. The Morgan fingerprint density at radius 3 is 2.67 bits per heavy atom. The summed E-state index contributed by atoms with van der Waals surface area (Å²) in [6, 6.07) is 21.1. The van der Waals surface area contributed by atoms with Crippen molar-refractivity contribution in [2.75, 3.05) is 5.32 Å². The van der Waals surface area contributed by atoms with Crippen LogP contribution in [0.3, 0.4) is 0 Å². The number of rotatable bonds is 4. The maximum Gasteiger partial charge on any atom is 0.255 e. The number of hydrogen-bond acceptors (Lipinski definition) is 3. The molecule has 4 nitrogen and oxygen atoms in total. The van der Waals surface area contributed by atoms with Crippen molar-refractivity contribution >= 4 is 38.6 Å². The SMILES string of the molecule is Cc1cc(Br)ccc1NC(=O)c1ccc2nc(Cc3ccccc3)oc2c1. The van der Waals surface area contributed by atoms with E-state index in [9.17, 15) is 4.79 Å². The lowest BCUT2D eigenvalue weighted by Gasteiger charge is -2.08. The molecule has 5 heteroatoms. The molecule has 0 saturated carbocycles. The summed E-state index contributed by atoms with van der Waals surface area (Å²) in [5, 5.41) is 2.94. The van der Waals surface area contributed by atoms with Gasteiger partial charge >= 0.3 is 0 Å². The molecule has 1 N–H and O–H groups in total. The van der Waals surface area contributed by atoms with E-state index in [-0.39, 0.29) is 5.91 Å². The molecule has 4 aromatic rings. The number of aromatic nitrogens is 1. The fourth-order valence-electron chi connectivity index (χ4n) is 2.92. The van der Waals surface area contributed by atoms with Gasteiger partial charge in [-0.05, 0) is 54.4 Å². The molecular weight excluding hydrogens is 404 g/mol. The van der Waals surface area contributed by atoms with Gasteiger partial charge in [0.25, 0.3) is 5.91 Å². The van der Waals surface area contributed by atoms with Crippen LogP contribution < -0.4 is 5.32 Å². The van der Waals surface area contributed by atoms with Crippen molar-refractivity contribution in [2.24, 2.45) is 0 Å². The van der Waals surface area contributed by atoms with Crippen molar-refractivity contribution < 1.29 is 9.21 Å². The zero-order chi connectivity index (χ0) is 18.8. The first-order valence-electron chi connectivity index (χ1n) is 8.59. The van der Waals surface area contributed by atoms with Crippen LogP contribution in [0, 0.1) is 6.92 Å². The molecule has 134 valence electrons. The average Bonchev–Trinajstić information content (AvgIpc) is 3.06. The van der Waals surface area contributed by atoms with E-state index in [0.29, 0.717) is 23.5 Å². The summed E-state index contributed by atoms with van der Waals surface area (Å²) in [7, 11) is 0. The Kier molecular flexibility index (Phi) is 4.77. The highest BCUT2D eigenvalue weighted by atomic mass is 79.9. The smallest absolute Gasteiger partial charge is 0.255 e. The van der Waals surface area contributed by atoms with Gasteiger partial charge in [0.15, 0.2) is 11.5 Å². The van der Waals surface area contributed by atoms with Crippen molar-refractivity contribution in [2.45, 2.75) is 13.3 Å².